The number of pyridine rings is 1. The van der Waals surface area contributed by atoms with Crippen molar-refractivity contribution in [3.63, 3.8) is 0 Å². The molecule has 0 atom stereocenters. The molecule has 0 aliphatic carbocycles. The van der Waals surface area contributed by atoms with Crippen LogP contribution in [0.5, 0.6) is 0 Å². The molecule has 0 aliphatic rings. The number of amides is 2. The normalized spacial score (nSPS) is 10.5. The monoisotopic (exact) mass is 308 g/mol. The number of hydrogen-bond donors (Lipinski definition) is 2. The average Bonchev–Trinajstić information content (AvgIpc) is 3.01. The van der Waals surface area contributed by atoms with Crippen LogP contribution < -0.4 is 10.6 Å². The minimum absolute atomic E-state index is 0.0720. The van der Waals surface area contributed by atoms with E-state index < -0.39 is 0 Å². The molecule has 0 bridgehead atoms. The van der Waals surface area contributed by atoms with E-state index in [1.807, 2.05) is 24.3 Å². The number of aromatic nitrogens is 2. The van der Waals surface area contributed by atoms with Gasteiger partial charge in [0.15, 0.2) is 0 Å². The zero-order valence-electron chi connectivity index (χ0n) is 12.6. The first-order valence-corrected chi connectivity index (χ1v) is 7.19. The molecule has 2 amide bonds. The quantitative estimate of drug-likeness (QED) is 0.776. The summed E-state index contributed by atoms with van der Waals surface area (Å²) in [6.07, 6.45) is 5.22. The second kappa shape index (κ2) is 6.31. The lowest BCUT2D eigenvalue weighted by molar-refractivity contribution is -0.119. The van der Waals surface area contributed by atoms with Crippen LogP contribution in [0.3, 0.4) is 0 Å². The van der Waals surface area contributed by atoms with Crippen molar-refractivity contribution >= 4 is 23.1 Å². The molecule has 3 rings (SSSR count). The van der Waals surface area contributed by atoms with E-state index in [-0.39, 0.29) is 11.8 Å². The molecule has 2 N–H and O–H groups in total. The highest BCUT2D eigenvalue weighted by Gasteiger charge is 2.07. The van der Waals surface area contributed by atoms with E-state index in [1.54, 1.807) is 35.1 Å². The van der Waals surface area contributed by atoms with Crippen molar-refractivity contribution in [3.8, 4) is 0 Å². The van der Waals surface area contributed by atoms with Gasteiger partial charge in [0.2, 0.25) is 5.91 Å². The van der Waals surface area contributed by atoms with E-state index >= 15 is 0 Å². The lowest BCUT2D eigenvalue weighted by Crippen LogP contribution is -2.18. The van der Waals surface area contributed by atoms with Gasteiger partial charge in [-0.05, 0) is 29.8 Å². The molecular formula is C17H16N4O2. The van der Waals surface area contributed by atoms with Crippen LogP contribution in [0.4, 0.5) is 5.69 Å². The van der Waals surface area contributed by atoms with Crippen molar-refractivity contribution in [1.29, 1.82) is 0 Å². The van der Waals surface area contributed by atoms with Crippen LogP contribution in [0.15, 0.2) is 55.0 Å². The number of nitrogens with zero attached hydrogens (tertiary/aromatic N) is 2. The number of rotatable bonds is 4. The zero-order valence-corrected chi connectivity index (χ0v) is 12.6. The van der Waals surface area contributed by atoms with Gasteiger partial charge in [0, 0.05) is 37.7 Å². The fourth-order valence-corrected chi connectivity index (χ4v) is 2.19. The lowest BCUT2D eigenvalue weighted by atomic mass is 10.2. The number of hydrogen-bond acceptors (Lipinski definition) is 3. The molecule has 6 heteroatoms. The molecule has 2 aromatic heterocycles. The zero-order chi connectivity index (χ0) is 16.2. The van der Waals surface area contributed by atoms with Crippen molar-refractivity contribution in [2.24, 2.45) is 0 Å². The summed E-state index contributed by atoms with van der Waals surface area (Å²) in [6, 6.07) is 10.9. The molecule has 0 unspecified atom stereocenters. The van der Waals surface area contributed by atoms with Crippen molar-refractivity contribution < 1.29 is 9.59 Å². The number of carbonyl (C=O) groups excluding carboxylic acids is 2. The van der Waals surface area contributed by atoms with E-state index in [0.29, 0.717) is 17.8 Å². The summed E-state index contributed by atoms with van der Waals surface area (Å²) in [5.41, 5.74) is 3.02. The molecule has 3 aromatic rings. The summed E-state index contributed by atoms with van der Waals surface area (Å²) in [5, 5.41) is 5.57. The van der Waals surface area contributed by atoms with Crippen LogP contribution in [0.2, 0.25) is 0 Å². The lowest BCUT2D eigenvalue weighted by Gasteiger charge is -2.07. The third-order valence-electron chi connectivity index (χ3n) is 3.40. The molecule has 0 saturated carbocycles. The molecule has 23 heavy (non-hydrogen) atoms. The summed E-state index contributed by atoms with van der Waals surface area (Å²) < 4.78 is 1.80. The Kier molecular flexibility index (Phi) is 4.05. The molecule has 0 spiro atoms. The standard InChI is InChI=1S/C17H16N4O2/c1-12(22)19-10-13-2-5-15(6-3-13)20-17(23)14-4-7-16-18-8-9-21(16)11-14/h2-9,11H,10H2,1H3,(H,19,22)(H,20,23). The maximum absolute atomic E-state index is 12.3. The van der Waals surface area contributed by atoms with E-state index in [2.05, 4.69) is 15.6 Å². The number of benzene rings is 1. The van der Waals surface area contributed by atoms with E-state index in [4.69, 9.17) is 0 Å². The fraction of sp³-hybridized carbons (Fsp3) is 0.118. The number of imidazole rings is 1. The van der Waals surface area contributed by atoms with Gasteiger partial charge >= 0.3 is 0 Å². The van der Waals surface area contributed by atoms with Crippen LogP contribution in [0, 0.1) is 0 Å². The van der Waals surface area contributed by atoms with Gasteiger partial charge in [0.1, 0.15) is 5.65 Å². The molecule has 0 fully saturated rings. The molecule has 6 nitrogen and oxygen atoms in total. The van der Waals surface area contributed by atoms with Gasteiger partial charge < -0.3 is 15.0 Å². The average molecular weight is 308 g/mol. The number of carbonyl (C=O) groups is 2. The van der Waals surface area contributed by atoms with E-state index in [0.717, 1.165) is 11.2 Å². The maximum atomic E-state index is 12.3. The molecule has 0 saturated heterocycles. The largest absolute Gasteiger partial charge is 0.352 e. The Morgan fingerprint density at radius 3 is 2.65 bits per heavy atom. The van der Waals surface area contributed by atoms with Crippen molar-refractivity contribution in [3.05, 3.63) is 66.1 Å². The second-order valence-corrected chi connectivity index (χ2v) is 5.17. The topological polar surface area (TPSA) is 75.5 Å². The highest BCUT2D eigenvalue weighted by Crippen LogP contribution is 2.12. The Bertz CT molecular complexity index is 852. The minimum Gasteiger partial charge on any atom is -0.352 e. The van der Waals surface area contributed by atoms with Gasteiger partial charge in [-0.25, -0.2) is 4.98 Å². The van der Waals surface area contributed by atoms with Gasteiger partial charge in [-0.15, -0.1) is 0 Å². The summed E-state index contributed by atoms with van der Waals surface area (Å²) >= 11 is 0. The number of fused-ring (bicyclic) bond motifs is 1. The molecule has 0 aliphatic heterocycles. The van der Waals surface area contributed by atoms with Gasteiger partial charge in [-0.1, -0.05) is 12.1 Å². The highest BCUT2D eigenvalue weighted by atomic mass is 16.2. The highest BCUT2D eigenvalue weighted by molar-refractivity contribution is 6.04. The maximum Gasteiger partial charge on any atom is 0.257 e. The minimum atomic E-state index is -0.185. The fourth-order valence-electron chi connectivity index (χ4n) is 2.19. The first-order chi connectivity index (χ1) is 11.1. The SMILES string of the molecule is CC(=O)NCc1ccc(NC(=O)c2ccc3nccn3c2)cc1. The molecule has 116 valence electrons. The second-order valence-electron chi connectivity index (χ2n) is 5.17. The first-order valence-electron chi connectivity index (χ1n) is 7.19. The van der Waals surface area contributed by atoms with E-state index in [9.17, 15) is 9.59 Å². The number of anilines is 1. The summed E-state index contributed by atoms with van der Waals surface area (Å²) in [5.74, 6) is -0.257. The first kappa shape index (κ1) is 14.8. The molecular weight excluding hydrogens is 292 g/mol. The Balaban J connectivity index is 1.68. The van der Waals surface area contributed by atoms with Crippen LogP contribution >= 0.6 is 0 Å². The molecule has 2 heterocycles. The van der Waals surface area contributed by atoms with Crippen LogP contribution in [0.25, 0.3) is 5.65 Å². The van der Waals surface area contributed by atoms with Crippen LogP contribution in [-0.2, 0) is 11.3 Å². The Morgan fingerprint density at radius 2 is 1.91 bits per heavy atom. The molecule has 1 aromatic carbocycles. The summed E-state index contributed by atoms with van der Waals surface area (Å²) in [7, 11) is 0. The van der Waals surface area contributed by atoms with Crippen molar-refractivity contribution in [2.45, 2.75) is 13.5 Å². The van der Waals surface area contributed by atoms with Gasteiger partial charge in [0.25, 0.3) is 5.91 Å². The van der Waals surface area contributed by atoms with Gasteiger partial charge in [-0.2, -0.15) is 0 Å². The number of nitrogens with one attached hydrogen (secondary N) is 2. The Labute approximate surface area is 133 Å². The van der Waals surface area contributed by atoms with Crippen LogP contribution in [-0.4, -0.2) is 21.2 Å². The van der Waals surface area contributed by atoms with Gasteiger partial charge in [-0.3, -0.25) is 9.59 Å². The summed E-state index contributed by atoms with van der Waals surface area (Å²) in [6.45, 7) is 1.95. The summed E-state index contributed by atoms with van der Waals surface area (Å²) in [4.78, 5) is 27.3. The third-order valence-corrected chi connectivity index (χ3v) is 3.40. The predicted octanol–water partition coefficient (Wildman–Crippen LogP) is 2.22. The van der Waals surface area contributed by atoms with Crippen LogP contribution in [0.1, 0.15) is 22.8 Å². The van der Waals surface area contributed by atoms with E-state index in [1.165, 1.54) is 6.92 Å². The van der Waals surface area contributed by atoms with Crippen molar-refractivity contribution in [1.82, 2.24) is 14.7 Å². The Morgan fingerprint density at radius 1 is 1.13 bits per heavy atom. The van der Waals surface area contributed by atoms with Gasteiger partial charge in [0.05, 0.1) is 5.56 Å². The molecule has 0 radical (unpaired) electrons. The smallest absolute Gasteiger partial charge is 0.257 e. The predicted molar refractivity (Wildman–Crippen MR) is 87.1 cm³/mol. The van der Waals surface area contributed by atoms with Crippen molar-refractivity contribution in [2.75, 3.05) is 5.32 Å². The third kappa shape index (κ3) is 3.55. The Hall–Kier alpha value is -3.15.